The van der Waals surface area contributed by atoms with Crippen LogP contribution in [0.2, 0.25) is 0 Å². The lowest BCUT2D eigenvalue weighted by Gasteiger charge is -2.30. The Hall–Kier alpha value is -1.84. The van der Waals surface area contributed by atoms with Crippen LogP contribution in [0.5, 0.6) is 0 Å². The number of thioether (sulfide) groups is 1. The Kier molecular flexibility index (Phi) is 7.46. The molecule has 1 N–H and O–H groups in total. The highest BCUT2D eigenvalue weighted by Gasteiger charge is 2.32. The van der Waals surface area contributed by atoms with Crippen LogP contribution in [0, 0.1) is 23.2 Å². The fourth-order valence-corrected chi connectivity index (χ4v) is 4.46. The normalized spacial score (nSPS) is 17.0. The van der Waals surface area contributed by atoms with Crippen LogP contribution in [-0.4, -0.2) is 17.3 Å². The Morgan fingerprint density at radius 1 is 1.30 bits per heavy atom. The second-order valence-corrected chi connectivity index (χ2v) is 8.88. The summed E-state index contributed by atoms with van der Waals surface area (Å²) in [5.74, 6) is 0.326. The SMILES string of the molecule is CC(=O)C1=C(C)NC(SCC(=O)c2ccc(Br)cc2)=C(C#N)[C@@H]1CC(C)C. The Balaban J connectivity index is 2.26. The summed E-state index contributed by atoms with van der Waals surface area (Å²) in [5.41, 5.74) is 2.62. The summed E-state index contributed by atoms with van der Waals surface area (Å²) < 4.78 is 0.921. The summed E-state index contributed by atoms with van der Waals surface area (Å²) in [6.07, 6.45) is 0.724. The number of carbonyl (C=O) groups is 2. The lowest BCUT2D eigenvalue weighted by atomic mass is 9.81. The van der Waals surface area contributed by atoms with E-state index >= 15 is 0 Å². The minimum absolute atomic E-state index is 0.00139. The minimum Gasteiger partial charge on any atom is -0.353 e. The van der Waals surface area contributed by atoms with Crippen LogP contribution in [-0.2, 0) is 4.79 Å². The predicted octanol–water partition coefficient (Wildman–Crippen LogP) is 5.23. The molecule has 0 amide bonds. The number of rotatable bonds is 7. The third kappa shape index (κ3) is 5.33. The van der Waals surface area contributed by atoms with Crippen molar-refractivity contribution in [2.24, 2.45) is 11.8 Å². The molecule has 1 atom stereocenters. The van der Waals surface area contributed by atoms with E-state index < -0.39 is 0 Å². The van der Waals surface area contributed by atoms with Crippen molar-refractivity contribution < 1.29 is 9.59 Å². The van der Waals surface area contributed by atoms with E-state index in [0.717, 1.165) is 16.6 Å². The lowest BCUT2D eigenvalue weighted by molar-refractivity contribution is -0.114. The van der Waals surface area contributed by atoms with Crippen molar-refractivity contribution in [3.63, 3.8) is 0 Å². The van der Waals surface area contributed by atoms with Gasteiger partial charge in [-0.3, -0.25) is 9.59 Å². The van der Waals surface area contributed by atoms with E-state index in [2.05, 4.69) is 41.2 Å². The summed E-state index contributed by atoms with van der Waals surface area (Å²) in [5, 5.41) is 13.6. The maximum absolute atomic E-state index is 12.5. The number of nitriles is 1. The van der Waals surface area contributed by atoms with Crippen molar-refractivity contribution >= 4 is 39.3 Å². The van der Waals surface area contributed by atoms with Gasteiger partial charge in [-0.1, -0.05) is 53.7 Å². The summed E-state index contributed by atoms with van der Waals surface area (Å²) in [4.78, 5) is 24.6. The van der Waals surface area contributed by atoms with E-state index in [0.29, 0.717) is 27.7 Å². The molecule has 0 unspecified atom stereocenters. The molecule has 2 rings (SSSR count). The van der Waals surface area contributed by atoms with E-state index in [1.165, 1.54) is 18.7 Å². The molecule has 1 aliphatic rings. The number of benzene rings is 1. The summed E-state index contributed by atoms with van der Waals surface area (Å²) in [7, 11) is 0. The molecule has 0 saturated heterocycles. The molecule has 0 saturated carbocycles. The first-order valence-electron chi connectivity index (χ1n) is 8.79. The van der Waals surface area contributed by atoms with Crippen LogP contribution in [0.25, 0.3) is 0 Å². The van der Waals surface area contributed by atoms with Gasteiger partial charge < -0.3 is 5.32 Å². The van der Waals surface area contributed by atoms with E-state index in [-0.39, 0.29) is 23.2 Å². The number of Topliss-reactive ketones (excluding diaryl/α,β-unsaturated/α-hetero) is 2. The molecule has 27 heavy (non-hydrogen) atoms. The fraction of sp³-hybridized carbons (Fsp3) is 0.381. The first-order chi connectivity index (χ1) is 12.7. The van der Waals surface area contributed by atoms with Gasteiger partial charge in [0.25, 0.3) is 0 Å². The number of dihydropyridines is 1. The van der Waals surface area contributed by atoms with Gasteiger partial charge in [-0.05, 0) is 38.3 Å². The third-order valence-corrected chi connectivity index (χ3v) is 5.91. The molecule has 142 valence electrons. The highest BCUT2D eigenvalue weighted by molar-refractivity contribution is 9.10. The average Bonchev–Trinajstić information content (AvgIpc) is 2.59. The van der Waals surface area contributed by atoms with Crippen molar-refractivity contribution in [3.05, 3.63) is 56.2 Å². The largest absolute Gasteiger partial charge is 0.353 e. The fourth-order valence-electron chi connectivity index (χ4n) is 3.18. The predicted molar refractivity (Wildman–Crippen MR) is 113 cm³/mol. The summed E-state index contributed by atoms with van der Waals surface area (Å²) in [6, 6.07) is 9.51. The van der Waals surface area contributed by atoms with Crippen molar-refractivity contribution in [1.29, 1.82) is 5.26 Å². The standard InChI is InChI=1S/C21H23BrN2O2S/c1-12(2)9-17-18(10-23)21(24-13(3)20(17)14(4)25)27-11-19(26)15-5-7-16(22)8-6-15/h5-8,12,17,24H,9,11H2,1-4H3/t17-/m0/s1. The Morgan fingerprint density at radius 3 is 2.44 bits per heavy atom. The molecule has 0 aromatic heterocycles. The van der Waals surface area contributed by atoms with E-state index in [1.54, 1.807) is 12.1 Å². The van der Waals surface area contributed by atoms with Gasteiger partial charge in [0, 0.05) is 27.2 Å². The van der Waals surface area contributed by atoms with Gasteiger partial charge in [0.15, 0.2) is 11.6 Å². The first-order valence-corrected chi connectivity index (χ1v) is 10.6. The van der Waals surface area contributed by atoms with Gasteiger partial charge in [-0.25, -0.2) is 0 Å². The third-order valence-electron chi connectivity index (χ3n) is 4.37. The van der Waals surface area contributed by atoms with E-state index in [4.69, 9.17) is 0 Å². The van der Waals surface area contributed by atoms with Gasteiger partial charge in [-0.15, -0.1) is 0 Å². The molecule has 0 aliphatic carbocycles. The highest BCUT2D eigenvalue weighted by atomic mass is 79.9. The van der Waals surface area contributed by atoms with Crippen LogP contribution in [0.15, 0.2) is 50.6 Å². The number of allylic oxidation sites excluding steroid dienone is 3. The first kappa shape index (κ1) is 21.5. The number of halogens is 1. The van der Waals surface area contributed by atoms with Crippen LogP contribution >= 0.6 is 27.7 Å². The molecule has 1 heterocycles. The molecule has 6 heteroatoms. The zero-order valence-electron chi connectivity index (χ0n) is 15.9. The molecule has 0 fully saturated rings. The zero-order chi connectivity index (χ0) is 20.1. The maximum Gasteiger partial charge on any atom is 0.173 e. The number of hydrogen-bond donors (Lipinski definition) is 1. The Morgan fingerprint density at radius 2 is 1.93 bits per heavy atom. The molecule has 1 aromatic carbocycles. The lowest BCUT2D eigenvalue weighted by Crippen LogP contribution is -2.29. The van der Waals surface area contributed by atoms with Crippen LogP contribution in [0.1, 0.15) is 44.5 Å². The van der Waals surface area contributed by atoms with Crippen molar-refractivity contribution in [3.8, 4) is 6.07 Å². The van der Waals surface area contributed by atoms with E-state index in [9.17, 15) is 14.9 Å². The second kappa shape index (κ2) is 9.38. The monoisotopic (exact) mass is 446 g/mol. The second-order valence-electron chi connectivity index (χ2n) is 6.98. The van der Waals surface area contributed by atoms with Gasteiger partial charge in [0.05, 0.1) is 22.4 Å². The highest BCUT2D eigenvalue weighted by Crippen LogP contribution is 2.37. The topological polar surface area (TPSA) is 70.0 Å². The Bertz CT molecular complexity index is 848. The smallest absolute Gasteiger partial charge is 0.173 e. The van der Waals surface area contributed by atoms with Crippen molar-refractivity contribution in [1.82, 2.24) is 5.32 Å². The minimum atomic E-state index is -0.223. The van der Waals surface area contributed by atoms with Crippen molar-refractivity contribution in [2.75, 3.05) is 5.75 Å². The van der Waals surface area contributed by atoms with Gasteiger partial charge in [0.1, 0.15) is 0 Å². The number of hydrogen-bond acceptors (Lipinski definition) is 5. The average molecular weight is 447 g/mol. The number of ketones is 2. The zero-order valence-corrected chi connectivity index (χ0v) is 18.3. The molecule has 0 bridgehead atoms. The Labute approximate surface area is 173 Å². The summed E-state index contributed by atoms with van der Waals surface area (Å²) >= 11 is 4.69. The van der Waals surface area contributed by atoms with Crippen molar-refractivity contribution in [2.45, 2.75) is 34.1 Å². The molecule has 1 aromatic rings. The number of nitrogens with zero attached hydrogens (tertiary/aromatic N) is 1. The van der Waals surface area contributed by atoms with Gasteiger partial charge >= 0.3 is 0 Å². The maximum atomic E-state index is 12.5. The molecular formula is C21H23BrN2O2S. The number of nitrogens with one attached hydrogen (secondary N) is 1. The van der Waals surface area contributed by atoms with Crippen LogP contribution in [0.4, 0.5) is 0 Å². The summed E-state index contributed by atoms with van der Waals surface area (Å²) in [6.45, 7) is 7.55. The number of carbonyl (C=O) groups excluding carboxylic acids is 2. The van der Waals surface area contributed by atoms with Crippen LogP contribution < -0.4 is 5.32 Å². The van der Waals surface area contributed by atoms with E-state index in [1.807, 2.05) is 19.1 Å². The quantitative estimate of drug-likeness (QED) is 0.580. The molecule has 1 aliphatic heterocycles. The molecular weight excluding hydrogens is 424 g/mol. The molecule has 4 nitrogen and oxygen atoms in total. The van der Waals surface area contributed by atoms with Crippen LogP contribution in [0.3, 0.4) is 0 Å². The van der Waals surface area contributed by atoms with Gasteiger partial charge in [0.2, 0.25) is 0 Å². The molecule has 0 spiro atoms. The van der Waals surface area contributed by atoms with Gasteiger partial charge in [-0.2, -0.15) is 5.26 Å². The molecule has 0 radical (unpaired) electrons.